The van der Waals surface area contributed by atoms with Crippen LogP contribution in [0.2, 0.25) is 0 Å². The molecule has 0 atom stereocenters. The van der Waals surface area contributed by atoms with E-state index in [2.05, 4.69) is 30.4 Å². The number of H-pyrrole nitrogens is 1. The number of hydrogen-bond acceptors (Lipinski definition) is 6. The van der Waals surface area contributed by atoms with Gasteiger partial charge in [-0.25, -0.2) is 4.98 Å². The molecule has 1 amide bonds. The summed E-state index contributed by atoms with van der Waals surface area (Å²) in [4.78, 5) is 24.0. The van der Waals surface area contributed by atoms with E-state index < -0.39 is 0 Å². The van der Waals surface area contributed by atoms with Gasteiger partial charge in [0.05, 0.1) is 11.7 Å². The highest BCUT2D eigenvalue weighted by Gasteiger charge is 2.18. The zero-order valence-corrected chi connectivity index (χ0v) is 18.8. The van der Waals surface area contributed by atoms with Crippen LogP contribution in [0.4, 0.5) is 11.5 Å². The van der Waals surface area contributed by atoms with Gasteiger partial charge in [-0.05, 0) is 48.4 Å². The maximum atomic E-state index is 13.1. The van der Waals surface area contributed by atoms with Gasteiger partial charge in [0.15, 0.2) is 5.69 Å². The number of fused-ring (bicyclic) bond motifs is 1. The first-order chi connectivity index (χ1) is 17.2. The standard InChI is InChI=1S/C27H22N6O2/c34-27(30-20-9-10-29-25(15-20)33-11-4-12-33)26-23-14-18(7-8-24(23)31-32-26)19-13-22(17-28-16-19)35-21-5-2-1-3-6-21/h1-3,5-10,13-17H,4,11-12H2,(H,31,32)(H,29,30,34). The summed E-state index contributed by atoms with van der Waals surface area (Å²) in [5.41, 5.74) is 3.58. The molecule has 0 bridgehead atoms. The second-order valence-corrected chi connectivity index (χ2v) is 8.35. The van der Waals surface area contributed by atoms with Crippen molar-refractivity contribution in [2.75, 3.05) is 23.3 Å². The summed E-state index contributed by atoms with van der Waals surface area (Å²) in [5, 5.41) is 10.9. The summed E-state index contributed by atoms with van der Waals surface area (Å²) in [6.45, 7) is 1.98. The molecule has 172 valence electrons. The van der Waals surface area contributed by atoms with Crippen LogP contribution in [0, 0.1) is 0 Å². The van der Waals surface area contributed by atoms with Crippen molar-refractivity contribution in [2.45, 2.75) is 6.42 Å². The van der Waals surface area contributed by atoms with Gasteiger partial charge in [-0.15, -0.1) is 0 Å². The first kappa shape index (κ1) is 20.9. The van der Waals surface area contributed by atoms with Crippen LogP contribution in [0.3, 0.4) is 0 Å². The molecule has 5 aromatic rings. The predicted octanol–water partition coefficient (Wildman–Crippen LogP) is 5.27. The van der Waals surface area contributed by atoms with Gasteiger partial charge >= 0.3 is 0 Å². The molecule has 1 aliphatic heterocycles. The number of rotatable bonds is 6. The first-order valence-corrected chi connectivity index (χ1v) is 11.4. The number of hydrogen-bond donors (Lipinski definition) is 2. The van der Waals surface area contributed by atoms with Crippen LogP contribution in [0.25, 0.3) is 22.0 Å². The maximum absolute atomic E-state index is 13.1. The highest BCUT2D eigenvalue weighted by molar-refractivity contribution is 6.11. The Hall–Kier alpha value is -4.72. The van der Waals surface area contributed by atoms with Crippen LogP contribution in [0.5, 0.6) is 11.5 Å². The van der Waals surface area contributed by atoms with Crippen molar-refractivity contribution in [3.63, 3.8) is 0 Å². The molecule has 1 fully saturated rings. The molecule has 35 heavy (non-hydrogen) atoms. The van der Waals surface area contributed by atoms with Crippen LogP contribution in [-0.2, 0) is 0 Å². The average Bonchev–Trinajstić information content (AvgIpc) is 3.28. The molecule has 8 heteroatoms. The summed E-state index contributed by atoms with van der Waals surface area (Å²) in [6.07, 6.45) is 6.32. The van der Waals surface area contributed by atoms with Crippen LogP contribution < -0.4 is 15.0 Å². The summed E-state index contributed by atoms with van der Waals surface area (Å²) in [5.74, 6) is 1.96. The lowest BCUT2D eigenvalue weighted by Crippen LogP contribution is -2.37. The molecular weight excluding hydrogens is 440 g/mol. The van der Waals surface area contributed by atoms with E-state index in [4.69, 9.17) is 4.74 Å². The van der Waals surface area contributed by atoms with Gasteiger partial charge in [0.2, 0.25) is 0 Å². The normalized spacial score (nSPS) is 12.9. The van der Waals surface area contributed by atoms with Gasteiger partial charge < -0.3 is 15.0 Å². The minimum absolute atomic E-state index is 0.284. The van der Waals surface area contributed by atoms with Crippen molar-refractivity contribution in [1.29, 1.82) is 0 Å². The third-order valence-electron chi connectivity index (χ3n) is 5.99. The summed E-state index contributed by atoms with van der Waals surface area (Å²) >= 11 is 0. The van der Waals surface area contributed by atoms with E-state index in [1.165, 1.54) is 0 Å². The van der Waals surface area contributed by atoms with Gasteiger partial charge in [0.1, 0.15) is 17.3 Å². The van der Waals surface area contributed by atoms with Crippen molar-refractivity contribution in [3.8, 4) is 22.6 Å². The largest absolute Gasteiger partial charge is 0.456 e. The van der Waals surface area contributed by atoms with Crippen LogP contribution in [-0.4, -0.2) is 39.2 Å². The van der Waals surface area contributed by atoms with Crippen molar-refractivity contribution >= 4 is 28.3 Å². The number of pyridine rings is 2. The van der Waals surface area contributed by atoms with Gasteiger partial charge in [-0.1, -0.05) is 24.3 Å². The molecule has 0 radical (unpaired) electrons. The SMILES string of the molecule is O=C(Nc1ccnc(N2CCC2)c1)c1n[nH]c2ccc(-c3cncc(Oc4ccccc4)c3)cc12. The molecule has 0 unspecified atom stereocenters. The van der Waals surface area contributed by atoms with Crippen LogP contribution in [0.15, 0.2) is 85.3 Å². The number of nitrogens with zero attached hydrogens (tertiary/aromatic N) is 4. The third kappa shape index (κ3) is 4.29. The number of benzene rings is 2. The highest BCUT2D eigenvalue weighted by Crippen LogP contribution is 2.29. The van der Waals surface area contributed by atoms with E-state index in [1.807, 2.05) is 60.7 Å². The first-order valence-electron chi connectivity index (χ1n) is 11.4. The quantitative estimate of drug-likeness (QED) is 0.357. The lowest BCUT2D eigenvalue weighted by molar-refractivity contribution is 0.102. The molecule has 3 aromatic heterocycles. The van der Waals surface area contributed by atoms with E-state index in [1.54, 1.807) is 24.7 Å². The fourth-order valence-electron chi connectivity index (χ4n) is 4.03. The predicted molar refractivity (Wildman–Crippen MR) is 135 cm³/mol. The number of aromatic amines is 1. The molecule has 0 spiro atoms. The van der Waals surface area contributed by atoms with Crippen LogP contribution >= 0.6 is 0 Å². The Balaban J connectivity index is 1.26. The molecule has 0 aliphatic carbocycles. The summed E-state index contributed by atoms with van der Waals surface area (Å²) in [7, 11) is 0. The van der Waals surface area contributed by atoms with Crippen LogP contribution in [0.1, 0.15) is 16.9 Å². The number of ether oxygens (including phenoxy) is 1. The molecule has 1 aliphatic rings. The number of carbonyl (C=O) groups is 1. The summed E-state index contributed by atoms with van der Waals surface area (Å²) < 4.78 is 5.93. The Bertz CT molecular complexity index is 1510. The van der Waals surface area contributed by atoms with E-state index >= 15 is 0 Å². The fraction of sp³-hybridized carbons (Fsp3) is 0.111. The molecule has 2 N–H and O–H groups in total. The number of anilines is 2. The molecule has 8 nitrogen and oxygen atoms in total. The number of nitrogens with one attached hydrogen (secondary N) is 2. The monoisotopic (exact) mass is 462 g/mol. The molecule has 4 heterocycles. The molecule has 1 saturated heterocycles. The molecule has 6 rings (SSSR count). The Morgan fingerprint density at radius 1 is 0.943 bits per heavy atom. The second kappa shape index (κ2) is 8.90. The van der Waals surface area contributed by atoms with Crippen molar-refractivity contribution in [1.82, 2.24) is 20.2 Å². The second-order valence-electron chi connectivity index (χ2n) is 8.35. The number of aromatic nitrogens is 4. The average molecular weight is 463 g/mol. The van der Waals surface area contributed by atoms with E-state index in [-0.39, 0.29) is 5.91 Å². The number of amides is 1. The Morgan fingerprint density at radius 2 is 1.83 bits per heavy atom. The maximum Gasteiger partial charge on any atom is 0.276 e. The van der Waals surface area contributed by atoms with Gasteiger partial charge in [0.25, 0.3) is 5.91 Å². The van der Waals surface area contributed by atoms with E-state index in [9.17, 15) is 4.79 Å². The Labute approximate surface area is 201 Å². The minimum atomic E-state index is -0.284. The topological polar surface area (TPSA) is 96.0 Å². The van der Waals surface area contributed by atoms with Crippen molar-refractivity contribution in [3.05, 3.63) is 91.0 Å². The molecule has 2 aromatic carbocycles. The number of carbonyl (C=O) groups excluding carboxylic acids is 1. The lowest BCUT2D eigenvalue weighted by Gasteiger charge is -2.32. The van der Waals surface area contributed by atoms with E-state index in [0.717, 1.165) is 53.1 Å². The summed E-state index contributed by atoms with van der Waals surface area (Å²) in [6, 6.07) is 21.0. The highest BCUT2D eigenvalue weighted by atomic mass is 16.5. The Kier molecular flexibility index (Phi) is 5.31. The minimum Gasteiger partial charge on any atom is -0.456 e. The fourth-order valence-corrected chi connectivity index (χ4v) is 4.03. The molecular formula is C27H22N6O2. The third-order valence-corrected chi connectivity index (χ3v) is 5.99. The van der Waals surface area contributed by atoms with Crippen molar-refractivity contribution < 1.29 is 9.53 Å². The van der Waals surface area contributed by atoms with Gasteiger partial charge in [0, 0.05) is 48.2 Å². The zero-order chi connectivity index (χ0) is 23.6. The van der Waals surface area contributed by atoms with Gasteiger partial charge in [-0.2, -0.15) is 5.10 Å². The number of para-hydroxylation sites is 1. The van der Waals surface area contributed by atoms with Crippen molar-refractivity contribution in [2.24, 2.45) is 0 Å². The smallest absolute Gasteiger partial charge is 0.276 e. The lowest BCUT2D eigenvalue weighted by atomic mass is 10.0. The van der Waals surface area contributed by atoms with Gasteiger partial charge in [-0.3, -0.25) is 14.9 Å². The molecule has 0 saturated carbocycles. The Morgan fingerprint density at radius 3 is 2.66 bits per heavy atom. The zero-order valence-electron chi connectivity index (χ0n) is 18.8. The van der Waals surface area contributed by atoms with E-state index in [0.29, 0.717) is 17.1 Å².